The number of allylic oxidation sites excluding steroid dienone is 3. The standard InChI is InChI=1S/C28H30F2N4O2/c1-16-14-23(25-20(29)8-6-9-21(25)30)34-33-18(3)28(13-12-19(16)27(28,4)5)24-11-7-10-22(32-24)26(36)31-15-17(2)35/h6-11,14,17,19,35H,1,3,12-13,15H2,2,4-5H3,(H,31,36)/b23-14-,34-33-/t17-,19+,28?/m0/s1. The van der Waals surface area contributed by atoms with Crippen LogP contribution in [-0.2, 0) is 5.41 Å². The van der Waals surface area contributed by atoms with E-state index in [-0.39, 0.29) is 29.4 Å². The van der Waals surface area contributed by atoms with Crippen LogP contribution < -0.4 is 5.32 Å². The van der Waals surface area contributed by atoms with Gasteiger partial charge in [-0.2, -0.15) is 10.2 Å². The van der Waals surface area contributed by atoms with Crippen molar-refractivity contribution in [2.45, 2.75) is 45.1 Å². The maximum absolute atomic E-state index is 14.6. The van der Waals surface area contributed by atoms with Gasteiger partial charge in [0.2, 0.25) is 0 Å². The van der Waals surface area contributed by atoms with E-state index in [1.807, 2.05) is 6.07 Å². The van der Waals surface area contributed by atoms with E-state index in [4.69, 9.17) is 4.98 Å². The average Bonchev–Trinajstić information content (AvgIpc) is 3.12. The summed E-state index contributed by atoms with van der Waals surface area (Å²) in [6, 6.07) is 8.84. The number of pyridine rings is 1. The Kier molecular flexibility index (Phi) is 6.75. The highest BCUT2D eigenvalue weighted by atomic mass is 19.1. The molecule has 2 heterocycles. The van der Waals surface area contributed by atoms with Gasteiger partial charge in [0.1, 0.15) is 17.3 Å². The lowest BCUT2D eigenvalue weighted by atomic mass is 9.60. The first kappa shape index (κ1) is 25.6. The molecule has 1 fully saturated rings. The zero-order valence-corrected chi connectivity index (χ0v) is 20.7. The quantitative estimate of drug-likeness (QED) is 0.560. The minimum absolute atomic E-state index is 0.0365. The molecule has 8 heteroatoms. The Morgan fingerprint density at radius 2 is 1.83 bits per heavy atom. The molecule has 2 aliphatic rings. The van der Waals surface area contributed by atoms with Crippen LogP contribution in [0, 0.1) is 23.0 Å². The molecule has 2 aromatic rings. The first-order valence-electron chi connectivity index (χ1n) is 11.9. The van der Waals surface area contributed by atoms with Crippen molar-refractivity contribution < 1.29 is 18.7 Å². The van der Waals surface area contributed by atoms with Crippen LogP contribution in [0.15, 0.2) is 77.1 Å². The molecule has 1 unspecified atom stereocenters. The number of azo groups is 1. The molecule has 0 radical (unpaired) electrons. The summed E-state index contributed by atoms with van der Waals surface area (Å²) in [5, 5.41) is 20.8. The van der Waals surface area contributed by atoms with Gasteiger partial charge in [0, 0.05) is 6.54 Å². The van der Waals surface area contributed by atoms with E-state index in [0.29, 0.717) is 29.8 Å². The molecule has 1 aromatic carbocycles. The highest BCUT2D eigenvalue weighted by molar-refractivity contribution is 5.92. The number of nitrogens with zero attached hydrogens (tertiary/aromatic N) is 3. The minimum Gasteiger partial charge on any atom is -0.392 e. The van der Waals surface area contributed by atoms with Crippen molar-refractivity contribution in [3.05, 3.63) is 95.5 Å². The first-order chi connectivity index (χ1) is 17.0. The van der Waals surface area contributed by atoms with Crippen LogP contribution in [0.5, 0.6) is 0 Å². The third-order valence-corrected chi connectivity index (χ3v) is 7.52. The van der Waals surface area contributed by atoms with Gasteiger partial charge in [0.05, 0.1) is 34.2 Å². The van der Waals surface area contributed by atoms with E-state index in [0.717, 1.165) is 0 Å². The van der Waals surface area contributed by atoms with Gasteiger partial charge in [0.15, 0.2) is 0 Å². The van der Waals surface area contributed by atoms with Crippen LogP contribution in [0.3, 0.4) is 0 Å². The number of carbonyl (C=O) groups excluding carboxylic acids is 1. The van der Waals surface area contributed by atoms with Crippen molar-refractivity contribution in [1.29, 1.82) is 0 Å². The van der Waals surface area contributed by atoms with E-state index in [2.05, 4.69) is 42.6 Å². The number of benzene rings is 1. The minimum atomic E-state index is -0.804. The molecule has 2 bridgehead atoms. The van der Waals surface area contributed by atoms with Crippen molar-refractivity contribution in [2.75, 3.05) is 6.54 Å². The number of aromatic nitrogens is 1. The van der Waals surface area contributed by atoms with Crippen molar-refractivity contribution in [2.24, 2.45) is 21.6 Å². The average molecular weight is 493 g/mol. The fraction of sp³-hybridized carbons (Fsp3) is 0.357. The summed E-state index contributed by atoms with van der Waals surface area (Å²) in [7, 11) is 0. The summed E-state index contributed by atoms with van der Waals surface area (Å²) < 4.78 is 29.2. The topological polar surface area (TPSA) is 86.9 Å². The van der Waals surface area contributed by atoms with Gasteiger partial charge in [0.25, 0.3) is 5.91 Å². The van der Waals surface area contributed by atoms with Crippen LogP contribution in [0.4, 0.5) is 8.78 Å². The molecule has 3 atom stereocenters. The molecule has 1 amide bonds. The smallest absolute Gasteiger partial charge is 0.269 e. The lowest BCUT2D eigenvalue weighted by Crippen LogP contribution is -2.43. The highest BCUT2D eigenvalue weighted by Crippen LogP contribution is 2.62. The zero-order chi connectivity index (χ0) is 26.3. The lowest BCUT2D eigenvalue weighted by molar-refractivity contribution is 0.0917. The molecule has 4 rings (SSSR count). The Labute approximate surface area is 209 Å². The number of nitrogens with one attached hydrogen (secondary N) is 1. The molecule has 188 valence electrons. The van der Waals surface area contributed by atoms with Crippen molar-refractivity contribution in [3.63, 3.8) is 0 Å². The lowest BCUT2D eigenvalue weighted by Gasteiger charge is -2.43. The Balaban J connectivity index is 1.82. The van der Waals surface area contributed by atoms with Gasteiger partial charge in [-0.1, -0.05) is 39.1 Å². The SMILES string of the molecule is C=C1/C=C(c2c(F)cccc2F)\N=N/C(=C)C2(c3cccc(C(=O)NC[C@H](C)O)n3)CC[C@H]1C2(C)C. The number of hydrogen-bond donors (Lipinski definition) is 2. The fourth-order valence-corrected chi connectivity index (χ4v) is 5.61. The maximum atomic E-state index is 14.6. The number of halogens is 2. The Morgan fingerprint density at radius 3 is 2.50 bits per heavy atom. The normalized spacial score (nSPS) is 26.3. The third-order valence-electron chi connectivity index (χ3n) is 7.52. The predicted octanol–water partition coefficient (Wildman–Crippen LogP) is 5.72. The number of rotatable bonds is 5. The molecule has 1 saturated carbocycles. The molecular formula is C28H30F2N4O2. The Bertz CT molecular complexity index is 1280. The summed E-state index contributed by atoms with van der Waals surface area (Å²) in [5.41, 5.74) is 0.336. The molecule has 0 saturated heterocycles. The second-order valence-electron chi connectivity index (χ2n) is 10.0. The number of amides is 1. The predicted molar refractivity (Wildman–Crippen MR) is 134 cm³/mol. The summed E-state index contributed by atoms with van der Waals surface area (Å²) in [6.45, 7) is 14.3. The second kappa shape index (κ2) is 9.50. The number of hydrogen-bond acceptors (Lipinski definition) is 5. The van der Waals surface area contributed by atoms with Gasteiger partial charge in [-0.25, -0.2) is 13.8 Å². The number of carbonyl (C=O) groups is 1. The Morgan fingerprint density at radius 1 is 1.17 bits per heavy atom. The zero-order valence-electron chi connectivity index (χ0n) is 20.7. The highest BCUT2D eigenvalue weighted by Gasteiger charge is 2.59. The van der Waals surface area contributed by atoms with Gasteiger partial charge < -0.3 is 10.4 Å². The van der Waals surface area contributed by atoms with E-state index in [1.54, 1.807) is 25.1 Å². The largest absolute Gasteiger partial charge is 0.392 e. The fourth-order valence-electron chi connectivity index (χ4n) is 5.61. The van der Waals surface area contributed by atoms with Gasteiger partial charge >= 0.3 is 0 Å². The summed E-state index contributed by atoms with van der Waals surface area (Å²) in [4.78, 5) is 17.4. The molecule has 1 aliphatic carbocycles. The summed E-state index contributed by atoms with van der Waals surface area (Å²) >= 11 is 0. The Hall–Kier alpha value is -3.52. The van der Waals surface area contributed by atoms with Crippen LogP contribution in [0.2, 0.25) is 0 Å². The molecule has 2 N–H and O–H groups in total. The van der Waals surface area contributed by atoms with Crippen LogP contribution in [-0.4, -0.2) is 28.6 Å². The molecule has 1 aromatic heterocycles. The molecule has 36 heavy (non-hydrogen) atoms. The third kappa shape index (κ3) is 4.19. The maximum Gasteiger partial charge on any atom is 0.269 e. The van der Waals surface area contributed by atoms with Crippen molar-refractivity contribution in [3.8, 4) is 0 Å². The monoisotopic (exact) mass is 492 g/mol. The van der Waals surface area contributed by atoms with Crippen LogP contribution in [0.1, 0.15) is 55.4 Å². The van der Waals surface area contributed by atoms with E-state index < -0.39 is 34.5 Å². The second-order valence-corrected chi connectivity index (χ2v) is 10.0. The summed E-state index contributed by atoms with van der Waals surface area (Å²) in [5.74, 6) is -1.97. The van der Waals surface area contributed by atoms with Gasteiger partial charge in [-0.05, 0) is 67.0 Å². The number of fused-ring (bicyclic) bond motifs is 2. The van der Waals surface area contributed by atoms with Crippen molar-refractivity contribution in [1.82, 2.24) is 10.3 Å². The summed E-state index contributed by atoms with van der Waals surface area (Å²) in [6.07, 6.45) is 2.25. The van der Waals surface area contributed by atoms with Crippen molar-refractivity contribution >= 4 is 11.6 Å². The van der Waals surface area contributed by atoms with E-state index in [9.17, 15) is 18.7 Å². The van der Waals surface area contributed by atoms with E-state index in [1.165, 1.54) is 18.2 Å². The molecular weight excluding hydrogens is 462 g/mol. The number of aliphatic hydroxyl groups is 1. The number of aliphatic hydroxyl groups excluding tert-OH is 1. The molecule has 0 spiro atoms. The first-order valence-corrected chi connectivity index (χ1v) is 11.9. The van der Waals surface area contributed by atoms with Gasteiger partial charge in [-0.15, -0.1) is 0 Å². The molecule has 1 aliphatic heterocycles. The van der Waals surface area contributed by atoms with Crippen LogP contribution in [0.25, 0.3) is 5.70 Å². The van der Waals surface area contributed by atoms with Crippen LogP contribution >= 0.6 is 0 Å². The molecule has 6 nitrogen and oxygen atoms in total. The van der Waals surface area contributed by atoms with E-state index >= 15 is 0 Å². The van der Waals surface area contributed by atoms with Gasteiger partial charge in [-0.3, -0.25) is 4.79 Å².